The third-order valence-corrected chi connectivity index (χ3v) is 1.70. The van der Waals surface area contributed by atoms with Gasteiger partial charge >= 0.3 is 6.18 Å². The highest BCUT2D eigenvalue weighted by Crippen LogP contribution is 2.30. The second-order valence-corrected chi connectivity index (χ2v) is 2.82. The molecule has 1 aromatic rings. The fraction of sp³-hybridized carbons (Fsp3) is 0.273. The lowest BCUT2D eigenvalue weighted by Gasteiger charge is -2.08. The number of hydrogen-bond acceptors (Lipinski definition) is 1. The Bertz CT molecular complexity index is 346. The number of hydrogen-bond donors (Lipinski definition) is 0. The van der Waals surface area contributed by atoms with Crippen LogP contribution >= 0.6 is 0 Å². The minimum Gasteiger partial charge on any atom is -0.493 e. The van der Waals surface area contributed by atoms with Crippen molar-refractivity contribution in [3.05, 3.63) is 29.8 Å². The van der Waals surface area contributed by atoms with Crippen molar-refractivity contribution in [2.75, 3.05) is 6.61 Å². The van der Waals surface area contributed by atoms with Gasteiger partial charge in [-0.25, -0.2) is 0 Å². The van der Waals surface area contributed by atoms with Crippen molar-refractivity contribution in [2.24, 2.45) is 0 Å². The molecule has 1 rings (SSSR count). The van der Waals surface area contributed by atoms with E-state index in [0.29, 0.717) is 18.8 Å². The molecule has 0 aromatic heterocycles. The van der Waals surface area contributed by atoms with Gasteiger partial charge in [0.25, 0.3) is 0 Å². The monoisotopic (exact) mass is 214 g/mol. The van der Waals surface area contributed by atoms with Gasteiger partial charge in [-0.15, -0.1) is 12.3 Å². The molecule has 1 aromatic carbocycles. The fourth-order valence-corrected chi connectivity index (χ4v) is 0.968. The summed E-state index contributed by atoms with van der Waals surface area (Å²) in [5, 5.41) is 0. The van der Waals surface area contributed by atoms with Gasteiger partial charge in [0.15, 0.2) is 0 Å². The molecule has 0 heterocycles. The molecule has 0 spiro atoms. The van der Waals surface area contributed by atoms with Crippen molar-refractivity contribution >= 4 is 0 Å². The predicted molar refractivity (Wildman–Crippen MR) is 50.4 cm³/mol. The SMILES string of the molecule is C#CCCOc1ccc(C(F)(F)F)cc1. The zero-order valence-electron chi connectivity index (χ0n) is 7.84. The van der Waals surface area contributed by atoms with Gasteiger partial charge in [0.05, 0.1) is 12.2 Å². The van der Waals surface area contributed by atoms with Crippen LogP contribution < -0.4 is 4.74 Å². The second kappa shape index (κ2) is 4.74. The normalized spacial score (nSPS) is 10.8. The first kappa shape index (κ1) is 11.4. The number of rotatable bonds is 3. The van der Waals surface area contributed by atoms with Crippen molar-refractivity contribution in [3.8, 4) is 18.1 Å². The van der Waals surface area contributed by atoms with Crippen LogP contribution in [-0.4, -0.2) is 6.61 Å². The molecule has 15 heavy (non-hydrogen) atoms. The number of terminal acetylenes is 1. The van der Waals surface area contributed by atoms with Crippen LogP contribution in [0.3, 0.4) is 0 Å². The maximum Gasteiger partial charge on any atom is 0.416 e. The summed E-state index contributed by atoms with van der Waals surface area (Å²) < 4.78 is 41.6. The lowest BCUT2D eigenvalue weighted by molar-refractivity contribution is -0.137. The number of benzene rings is 1. The van der Waals surface area contributed by atoms with Gasteiger partial charge in [0, 0.05) is 6.42 Å². The highest BCUT2D eigenvalue weighted by Gasteiger charge is 2.29. The summed E-state index contributed by atoms with van der Waals surface area (Å²) in [6, 6.07) is 4.51. The summed E-state index contributed by atoms with van der Waals surface area (Å²) in [5.74, 6) is 2.76. The largest absolute Gasteiger partial charge is 0.493 e. The molecule has 0 N–H and O–H groups in total. The quantitative estimate of drug-likeness (QED) is 0.555. The van der Waals surface area contributed by atoms with Crippen LogP contribution in [0, 0.1) is 12.3 Å². The number of halogens is 3. The Morgan fingerprint density at radius 2 is 1.80 bits per heavy atom. The minimum atomic E-state index is -4.31. The third-order valence-electron chi connectivity index (χ3n) is 1.70. The molecule has 0 amide bonds. The van der Waals surface area contributed by atoms with Crippen LogP contribution in [0.5, 0.6) is 5.75 Å². The summed E-state index contributed by atoms with van der Waals surface area (Å²) in [4.78, 5) is 0. The molecule has 0 aliphatic carbocycles. The van der Waals surface area contributed by atoms with E-state index in [1.54, 1.807) is 0 Å². The zero-order chi connectivity index (χ0) is 11.3. The molecule has 0 atom stereocenters. The van der Waals surface area contributed by atoms with Gasteiger partial charge in [0.2, 0.25) is 0 Å². The van der Waals surface area contributed by atoms with Crippen LogP contribution in [0.25, 0.3) is 0 Å². The Labute approximate surface area is 85.9 Å². The Balaban J connectivity index is 2.61. The van der Waals surface area contributed by atoms with Crippen molar-refractivity contribution in [1.29, 1.82) is 0 Å². The lowest BCUT2D eigenvalue weighted by atomic mass is 10.2. The molecule has 0 saturated heterocycles. The highest BCUT2D eigenvalue weighted by molar-refractivity contribution is 5.28. The fourth-order valence-electron chi connectivity index (χ4n) is 0.968. The van der Waals surface area contributed by atoms with Gasteiger partial charge in [0.1, 0.15) is 5.75 Å². The zero-order valence-corrected chi connectivity index (χ0v) is 7.84. The van der Waals surface area contributed by atoms with Crippen LogP contribution in [0.15, 0.2) is 24.3 Å². The van der Waals surface area contributed by atoms with Crippen molar-refractivity contribution in [3.63, 3.8) is 0 Å². The van der Waals surface area contributed by atoms with Crippen LogP contribution in [-0.2, 0) is 6.18 Å². The molecular weight excluding hydrogens is 205 g/mol. The van der Waals surface area contributed by atoms with E-state index in [2.05, 4.69) is 5.92 Å². The summed E-state index contributed by atoms with van der Waals surface area (Å²) in [6.07, 6.45) is 1.12. The first-order valence-electron chi connectivity index (χ1n) is 4.27. The van der Waals surface area contributed by atoms with E-state index < -0.39 is 11.7 Å². The predicted octanol–water partition coefficient (Wildman–Crippen LogP) is 3.11. The third kappa shape index (κ3) is 3.55. The van der Waals surface area contributed by atoms with Crippen LogP contribution in [0.2, 0.25) is 0 Å². The Morgan fingerprint density at radius 1 is 1.20 bits per heavy atom. The van der Waals surface area contributed by atoms with E-state index in [0.717, 1.165) is 12.1 Å². The maximum absolute atomic E-state index is 12.2. The van der Waals surface area contributed by atoms with E-state index >= 15 is 0 Å². The molecule has 0 radical (unpaired) electrons. The topological polar surface area (TPSA) is 9.23 Å². The first-order chi connectivity index (χ1) is 7.04. The molecule has 1 nitrogen and oxygen atoms in total. The van der Waals surface area contributed by atoms with E-state index in [1.165, 1.54) is 12.1 Å². The van der Waals surface area contributed by atoms with Gasteiger partial charge in [-0.2, -0.15) is 13.2 Å². The highest BCUT2D eigenvalue weighted by atomic mass is 19.4. The van der Waals surface area contributed by atoms with Crippen molar-refractivity contribution < 1.29 is 17.9 Å². The van der Waals surface area contributed by atoms with Crippen molar-refractivity contribution in [1.82, 2.24) is 0 Å². The molecule has 4 heteroatoms. The molecule has 0 aliphatic heterocycles. The Morgan fingerprint density at radius 3 is 2.27 bits per heavy atom. The number of ether oxygens (including phenoxy) is 1. The van der Waals surface area contributed by atoms with Crippen molar-refractivity contribution in [2.45, 2.75) is 12.6 Å². The smallest absolute Gasteiger partial charge is 0.416 e. The average Bonchev–Trinajstić information content (AvgIpc) is 2.18. The Kier molecular flexibility index (Phi) is 3.62. The van der Waals surface area contributed by atoms with Crippen LogP contribution in [0.1, 0.15) is 12.0 Å². The Hall–Kier alpha value is -1.63. The summed E-state index contributed by atoms with van der Waals surface area (Å²) in [5.41, 5.74) is -0.688. The standard InChI is InChI=1S/C11H9F3O/c1-2-3-8-15-10-6-4-9(5-7-10)11(12,13)14/h1,4-7H,3,8H2. The maximum atomic E-state index is 12.2. The molecule has 0 unspecified atom stereocenters. The first-order valence-corrected chi connectivity index (χ1v) is 4.27. The van der Waals surface area contributed by atoms with E-state index in [-0.39, 0.29) is 0 Å². The molecule has 0 saturated carbocycles. The van der Waals surface area contributed by atoms with Crippen LogP contribution in [0.4, 0.5) is 13.2 Å². The minimum absolute atomic E-state index is 0.307. The summed E-state index contributed by atoms with van der Waals surface area (Å²) in [7, 11) is 0. The van der Waals surface area contributed by atoms with E-state index in [1.807, 2.05) is 0 Å². The molecule has 80 valence electrons. The molecule has 0 bridgehead atoms. The van der Waals surface area contributed by atoms with E-state index in [9.17, 15) is 13.2 Å². The molecule has 0 aliphatic rings. The number of alkyl halides is 3. The summed E-state index contributed by atoms with van der Waals surface area (Å²) in [6.45, 7) is 0.307. The van der Waals surface area contributed by atoms with Gasteiger partial charge in [-0.05, 0) is 24.3 Å². The molecule has 0 fully saturated rings. The second-order valence-electron chi connectivity index (χ2n) is 2.82. The lowest BCUT2D eigenvalue weighted by Crippen LogP contribution is -2.04. The average molecular weight is 214 g/mol. The van der Waals surface area contributed by atoms with Gasteiger partial charge < -0.3 is 4.74 Å². The summed E-state index contributed by atoms with van der Waals surface area (Å²) >= 11 is 0. The van der Waals surface area contributed by atoms with E-state index in [4.69, 9.17) is 11.2 Å². The van der Waals surface area contributed by atoms with Gasteiger partial charge in [-0.3, -0.25) is 0 Å². The van der Waals surface area contributed by atoms with Gasteiger partial charge in [-0.1, -0.05) is 0 Å². The molecular formula is C11H9F3O.